The van der Waals surface area contributed by atoms with E-state index in [4.69, 9.17) is 30.5 Å². The Labute approximate surface area is 162 Å². The number of carbonyl (C=O) groups excluding carboxylic acids is 1. The molecule has 6 nitrogen and oxygen atoms in total. The summed E-state index contributed by atoms with van der Waals surface area (Å²) in [6.45, 7) is 3.36. The van der Waals surface area contributed by atoms with Crippen molar-refractivity contribution >= 4 is 29.3 Å². The van der Waals surface area contributed by atoms with E-state index in [9.17, 15) is 4.79 Å². The van der Waals surface area contributed by atoms with Crippen molar-refractivity contribution in [3.05, 3.63) is 47.0 Å². The van der Waals surface area contributed by atoms with Crippen LogP contribution in [0.5, 0.6) is 23.0 Å². The van der Waals surface area contributed by atoms with Crippen LogP contribution in [0.4, 0.5) is 5.69 Å². The Hall–Kier alpha value is -2.86. The fourth-order valence-corrected chi connectivity index (χ4v) is 2.87. The number of amides is 1. The van der Waals surface area contributed by atoms with Crippen LogP contribution in [-0.4, -0.2) is 32.8 Å². The van der Waals surface area contributed by atoms with Crippen molar-refractivity contribution in [1.29, 1.82) is 0 Å². The highest BCUT2D eigenvalue weighted by atomic mass is 35.5. The lowest BCUT2D eigenvalue weighted by molar-refractivity contribution is -0.111. The smallest absolute Gasteiger partial charge is 0.248 e. The largest absolute Gasteiger partial charge is 0.493 e. The summed E-state index contributed by atoms with van der Waals surface area (Å²) in [5.41, 5.74) is 1.34. The monoisotopic (exact) mass is 389 g/mol. The Morgan fingerprint density at radius 3 is 2.74 bits per heavy atom. The molecular formula is C20H20ClNO5. The van der Waals surface area contributed by atoms with Crippen molar-refractivity contribution < 1.29 is 23.7 Å². The van der Waals surface area contributed by atoms with E-state index in [1.807, 2.05) is 6.92 Å². The van der Waals surface area contributed by atoms with Gasteiger partial charge in [-0.1, -0.05) is 11.6 Å². The highest BCUT2D eigenvalue weighted by Crippen LogP contribution is 2.37. The minimum absolute atomic E-state index is 0.282. The second-order valence-corrected chi connectivity index (χ2v) is 6.06. The maximum absolute atomic E-state index is 12.2. The molecular weight excluding hydrogens is 370 g/mol. The first kappa shape index (κ1) is 18.9. The molecule has 1 amide bonds. The van der Waals surface area contributed by atoms with Gasteiger partial charge in [-0.25, -0.2) is 0 Å². The molecule has 142 valence electrons. The van der Waals surface area contributed by atoms with Gasteiger partial charge in [0, 0.05) is 17.8 Å². The summed E-state index contributed by atoms with van der Waals surface area (Å²) in [5, 5.41) is 3.21. The molecule has 3 rings (SSSR count). The first-order chi connectivity index (χ1) is 13.1. The molecule has 0 aromatic heterocycles. The van der Waals surface area contributed by atoms with Crippen molar-refractivity contribution in [2.45, 2.75) is 6.92 Å². The highest BCUT2D eigenvalue weighted by Gasteiger charge is 2.13. The molecule has 1 aliphatic rings. The molecule has 2 aromatic carbocycles. The fraction of sp³-hybridized carbons (Fsp3) is 0.250. The van der Waals surface area contributed by atoms with E-state index < -0.39 is 0 Å². The van der Waals surface area contributed by atoms with Gasteiger partial charge in [-0.3, -0.25) is 4.79 Å². The van der Waals surface area contributed by atoms with Crippen LogP contribution in [0.1, 0.15) is 12.5 Å². The molecule has 0 atom stereocenters. The molecule has 1 aliphatic heterocycles. The van der Waals surface area contributed by atoms with E-state index >= 15 is 0 Å². The SMILES string of the molecule is CCOc1c(Cl)cc(/C=C/C(=O)Nc2ccc3c(c2)OCCO3)cc1OC. The van der Waals surface area contributed by atoms with Crippen LogP contribution in [0.15, 0.2) is 36.4 Å². The number of fused-ring (bicyclic) bond motifs is 1. The maximum Gasteiger partial charge on any atom is 0.248 e. The predicted octanol–water partition coefficient (Wildman–Crippen LogP) is 4.17. The predicted molar refractivity (Wildman–Crippen MR) is 104 cm³/mol. The Morgan fingerprint density at radius 1 is 1.22 bits per heavy atom. The standard InChI is InChI=1S/C20H20ClNO5/c1-3-25-20-15(21)10-13(11-18(20)24-2)4-7-19(23)22-14-5-6-16-17(12-14)27-9-8-26-16/h4-7,10-12H,3,8-9H2,1-2H3,(H,22,23)/b7-4+. The van der Waals surface area contributed by atoms with Crippen LogP contribution in [0.2, 0.25) is 5.02 Å². The third-order valence-electron chi connectivity index (χ3n) is 3.78. The van der Waals surface area contributed by atoms with E-state index in [0.717, 1.165) is 5.56 Å². The van der Waals surface area contributed by atoms with Gasteiger partial charge in [-0.2, -0.15) is 0 Å². The van der Waals surface area contributed by atoms with E-state index in [1.165, 1.54) is 13.2 Å². The van der Waals surface area contributed by atoms with Crippen molar-refractivity contribution in [2.24, 2.45) is 0 Å². The zero-order valence-electron chi connectivity index (χ0n) is 15.1. The van der Waals surface area contributed by atoms with Crippen molar-refractivity contribution in [3.63, 3.8) is 0 Å². The zero-order chi connectivity index (χ0) is 19.2. The second-order valence-electron chi connectivity index (χ2n) is 5.65. The van der Waals surface area contributed by atoms with Crippen molar-refractivity contribution in [3.8, 4) is 23.0 Å². The van der Waals surface area contributed by atoms with Gasteiger partial charge in [0.1, 0.15) is 13.2 Å². The normalized spacial score (nSPS) is 12.7. The molecule has 0 saturated carbocycles. The number of halogens is 1. The van der Waals surface area contributed by atoms with Crippen molar-refractivity contribution in [2.75, 3.05) is 32.2 Å². The number of carbonyl (C=O) groups is 1. The highest BCUT2D eigenvalue weighted by molar-refractivity contribution is 6.32. The summed E-state index contributed by atoms with van der Waals surface area (Å²) >= 11 is 6.24. The lowest BCUT2D eigenvalue weighted by atomic mass is 10.2. The summed E-state index contributed by atoms with van der Waals surface area (Å²) in [7, 11) is 1.54. The molecule has 0 aliphatic carbocycles. The molecule has 0 radical (unpaired) electrons. The minimum atomic E-state index is -0.282. The molecule has 1 heterocycles. The van der Waals surface area contributed by atoms with Crippen LogP contribution >= 0.6 is 11.6 Å². The first-order valence-corrected chi connectivity index (χ1v) is 8.87. The van der Waals surface area contributed by atoms with Gasteiger partial charge in [-0.15, -0.1) is 0 Å². The van der Waals surface area contributed by atoms with Crippen LogP contribution in [-0.2, 0) is 4.79 Å². The topological polar surface area (TPSA) is 66.0 Å². The first-order valence-electron chi connectivity index (χ1n) is 8.49. The van der Waals surface area contributed by atoms with Gasteiger partial charge in [0.15, 0.2) is 23.0 Å². The molecule has 7 heteroatoms. The molecule has 2 aromatic rings. The summed E-state index contributed by atoms with van der Waals surface area (Å²) in [4.78, 5) is 12.2. The molecule has 27 heavy (non-hydrogen) atoms. The summed E-state index contributed by atoms with van der Waals surface area (Å²) in [6, 6.07) is 8.73. The fourth-order valence-electron chi connectivity index (χ4n) is 2.60. The average molecular weight is 390 g/mol. The summed E-state index contributed by atoms with van der Waals surface area (Å²) in [6.07, 6.45) is 3.07. The molecule has 0 fully saturated rings. The molecule has 0 bridgehead atoms. The van der Waals surface area contributed by atoms with Gasteiger partial charge in [-0.05, 0) is 42.8 Å². The number of methoxy groups -OCH3 is 1. The van der Waals surface area contributed by atoms with Crippen LogP contribution in [0.25, 0.3) is 6.08 Å². The maximum atomic E-state index is 12.2. The van der Waals surface area contributed by atoms with Crippen LogP contribution in [0, 0.1) is 0 Å². The van der Waals surface area contributed by atoms with Crippen LogP contribution in [0.3, 0.4) is 0 Å². The lowest BCUT2D eigenvalue weighted by Gasteiger charge is -2.18. The number of benzene rings is 2. The number of hydrogen-bond acceptors (Lipinski definition) is 5. The lowest BCUT2D eigenvalue weighted by Crippen LogP contribution is -2.16. The average Bonchev–Trinajstić information content (AvgIpc) is 2.68. The van der Waals surface area contributed by atoms with Gasteiger partial charge < -0.3 is 24.3 Å². The molecule has 0 unspecified atom stereocenters. The minimum Gasteiger partial charge on any atom is -0.493 e. The van der Waals surface area contributed by atoms with E-state index in [0.29, 0.717) is 53.5 Å². The number of hydrogen-bond donors (Lipinski definition) is 1. The Kier molecular flexibility index (Phi) is 6.08. The third kappa shape index (κ3) is 4.65. The zero-order valence-corrected chi connectivity index (χ0v) is 15.8. The van der Waals surface area contributed by atoms with Gasteiger partial charge in [0.25, 0.3) is 0 Å². The Balaban J connectivity index is 1.70. The Bertz CT molecular complexity index is 866. The molecule has 0 spiro atoms. The number of rotatable bonds is 6. The summed E-state index contributed by atoms with van der Waals surface area (Å²) < 4.78 is 21.8. The number of anilines is 1. The van der Waals surface area contributed by atoms with Gasteiger partial charge >= 0.3 is 0 Å². The second kappa shape index (κ2) is 8.68. The quantitative estimate of drug-likeness (QED) is 0.751. The van der Waals surface area contributed by atoms with Crippen LogP contribution < -0.4 is 24.3 Å². The van der Waals surface area contributed by atoms with E-state index in [2.05, 4.69) is 5.32 Å². The number of nitrogens with one attached hydrogen (secondary N) is 1. The van der Waals surface area contributed by atoms with Crippen molar-refractivity contribution in [1.82, 2.24) is 0 Å². The van der Waals surface area contributed by atoms with E-state index in [-0.39, 0.29) is 5.91 Å². The third-order valence-corrected chi connectivity index (χ3v) is 4.06. The summed E-state index contributed by atoms with van der Waals surface area (Å²) in [5.74, 6) is 2.00. The van der Waals surface area contributed by atoms with Gasteiger partial charge in [0.05, 0.1) is 18.7 Å². The Morgan fingerprint density at radius 2 is 2.00 bits per heavy atom. The van der Waals surface area contributed by atoms with Gasteiger partial charge in [0.2, 0.25) is 5.91 Å². The number of ether oxygens (including phenoxy) is 4. The molecule has 1 N–H and O–H groups in total. The molecule has 0 saturated heterocycles. The van der Waals surface area contributed by atoms with E-state index in [1.54, 1.807) is 36.4 Å².